The molecule has 1 saturated carbocycles. The molecule has 11 heteroatoms. The van der Waals surface area contributed by atoms with Crippen molar-refractivity contribution < 1.29 is 17.5 Å². The van der Waals surface area contributed by atoms with E-state index in [9.17, 15) is 8.42 Å². The smallest absolute Gasteiger partial charge is 0.228 e. The van der Waals surface area contributed by atoms with Gasteiger partial charge >= 0.3 is 0 Å². The predicted octanol–water partition coefficient (Wildman–Crippen LogP) is 4.67. The van der Waals surface area contributed by atoms with Gasteiger partial charge in [-0.05, 0) is 73.6 Å². The van der Waals surface area contributed by atoms with Crippen LogP contribution in [0.2, 0.25) is 0 Å². The molecule has 5 rings (SSSR count). The van der Waals surface area contributed by atoms with Gasteiger partial charge in [-0.2, -0.15) is 0 Å². The number of anilines is 1. The number of nitrogens with two attached hydrogens (primary N) is 1. The van der Waals surface area contributed by atoms with Crippen LogP contribution in [0.5, 0.6) is 11.6 Å². The second kappa shape index (κ2) is 12.5. The van der Waals surface area contributed by atoms with Crippen LogP contribution in [0.25, 0.3) is 11.3 Å². The minimum Gasteiger partial charge on any atom is -0.435 e. The lowest BCUT2D eigenvalue weighted by atomic mass is 9.92. The molecule has 0 radical (unpaired) electrons. The number of halogens is 1. The molecule has 4 aromatic rings. The lowest BCUT2D eigenvalue weighted by Crippen LogP contribution is -2.33. The second-order valence-electron chi connectivity index (χ2n) is 9.86. The third-order valence-corrected chi connectivity index (χ3v) is 7.43. The van der Waals surface area contributed by atoms with Crippen LogP contribution < -0.4 is 20.5 Å². The van der Waals surface area contributed by atoms with Crippen LogP contribution in [0.3, 0.4) is 0 Å². The van der Waals surface area contributed by atoms with Crippen molar-refractivity contribution in [2.24, 2.45) is 5.73 Å². The predicted molar refractivity (Wildman–Crippen MR) is 152 cm³/mol. The Balaban J connectivity index is 1.42. The molecule has 1 aliphatic rings. The van der Waals surface area contributed by atoms with E-state index in [0.717, 1.165) is 25.7 Å². The van der Waals surface area contributed by atoms with Crippen LogP contribution in [0.1, 0.15) is 48.4 Å². The molecular weight excluding hydrogens is 531 g/mol. The van der Waals surface area contributed by atoms with Gasteiger partial charge in [-0.1, -0.05) is 36.4 Å². The maximum atomic E-state index is 15.5. The molecule has 40 heavy (non-hydrogen) atoms. The highest BCUT2D eigenvalue weighted by Crippen LogP contribution is 2.36. The Morgan fingerprint density at radius 3 is 2.48 bits per heavy atom. The first-order valence-corrected chi connectivity index (χ1v) is 14.3. The van der Waals surface area contributed by atoms with Crippen molar-refractivity contribution in [3.8, 4) is 22.9 Å². The van der Waals surface area contributed by atoms with E-state index in [1.54, 1.807) is 67.8 Å². The summed E-state index contributed by atoms with van der Waals surface area (Å²) in [5.41, 5.74) is 8.80. The molecule has 2 aromatic heterocycles. The van der Waals surface area contributed by atoms with Crippen LogP contribution in [-0.4, -0.2) is 35.5 Å². The normalized spacial score (nSPS) is 17.9. The largest absolute Gasteiger partial charge is 0.435 e. The molecule has 1 atom stereocenters. The van der Waals surface area contributed by atoms with E-state index in [0.29, 0.717) is 33.9 Å². The van der Waals surface area contributed by atoms with Crippen molar-refractivity contribution in [2.45, 2.75) is 50.7 Å². The van der Waals surface area contributed by atoms with Gasteiger partial charge in [0.1, 0.15) is 0 Å². The molecule has 1 fully saturated rings. The monoisotopic (exact) mass is 562 g/mol. The molecule has 208 valence electrons. The number of pyridine rings is 1. The van der Waals surface area contributed by atoms with Gasteiger partial charge < -0.3 is 15.8 Å². The fourth-order valence-electron chi connectivity index (χ4n) is 4.93. The second-order valence-corrected chi connectivity index (χ2v) is 10.6. The van der Waals surface area contributed by atoms with Crippen molar-refractivity contribution in [1.29, 1.82) is 0 Å². The first kappa shape index (κ1) is 27.6. The van der Waals surface area contributed by atoms with Gasteiger partial charge in [-0.25, -0.2) is 32.5 Å². The van der Waals surface area contributed by atoms with E-state index in [4.69, 9.17) is 10.5 Å². The molecule has 0 amide bonds. The average Bonchev–Trinajstić information content (AvgIpc) is 2.95. The number of hydrogen-bond donors (Lipinski definition) is 4. The summed E-state index contributed by atoms with van der Waals surface area (Å²) in [6, 6.07) is 17.0. The van der Waals surface area contributed by atoms with Gasteiger partial charge in [-0.15, -0.1) is 0 Å². The van der Waals surface area contributed by atoms with Gasteiger partial charge in [-0.3, -0.25) is 0 Å². The van der Waals surface area contributed by atoms with Crippen LogP contribution in [0, 0.1) is 12.7 Å². The number of nitrogens with one attached hydrogen (secondary N) is 2. The van der Waals surface area contributed by atoms with E-state index in [1.165, 1.54) is 6.07 Å². The zero-order valence-electron chi connectivity index (χ0n) is 22.0. The van der Waals surface area contributed by atoms with Crippen molar-refractivity contribution in [1.82, 2.24) is 19.7 Å². The third kappa shape index (κ3) is 6.61. The summed E-state index contributed by atoms with van der Waals surface area (Å²) in [7, 11) is -2.93. The number of aryl methyl sites for hydroxylation is 1. The fourth-order valence-corrected chi connectivity index (χ4v) is 5.44. The lowest BCUT2D eigenvalue weighted by Gasteiger charge is -2.26. The molecule has 0 aliphatic heterocycles. The highest BCUT2D eigenvalue weighted by molar-refractivity contribution is 7.70. The Labute approximate surface area is 234 Å². The topological polar surface area (TPSA) is 132 Å². The average molecular weight is 563 g/mol. The van der Waals surface area contributed by atoms with Gasteiger partial charge in [0.25, 0.3) is 0 Å². The Morgan fingerprint density at radius 1 is 0.975 bits per heavy atom. The summed E-state index contributed by atoms with van der Waals surface area (Å²) in [6.45, 7) is 1.70. The van der Waals surface area contributed by atoms with E-state index in [-0.39, 0.29) is 23.7 Å². The summed E-state index contributed by atoms with van der Waals surface area (Å²) in [6.07, 6.45) is 7.05. The van der Waals surface area contributed by atoms with Crippen molar-refractivity contribution in [3.05, 3.63) is 95.6 Å². The van der Waals surface area contributed by atoms with E-state index >= 15 is 4.39 Å². The molecule has 1 aliphatic carbocycles. The van der Waals surface area contributed by atoms with Gasteiger partial charge in [0.15, 0.2) is 11.6 Å². The molecule has 9 nitrogen and oxygen atoms in total. The zero-order chi connectivity index (χ0) is 28.1. The number of benzene rings is 2. The minimum atomic E-state index is -2.93. The third-order valence-electron chi connectivity index (χ3n) is 6.96. The highest BCUT2D eigenvalue weighted by Gasteiger charge is 2.22. The Hall–Kier alpha value is -3.93. The van der Waals surface area contributed by atoms with E-state index < -0.39 is 22.7 Å². The Bertz CT molecular complexity index is 1510. The molecule has 2 aromatic carbocycles. The summed E-state index contributed by atoms with van der Waals surface area (Å²) < 4.78 is 47.1. The van der Waals surface area contributed by atoms with Gasteiger partial charge in [0, 0.05) is 24.5 Å². The molecule has 0 saturated heterocycles. The zero-order valence-corrected chi connectivity index (χ0v) is 22.9. The van der Waals surface area contributed by atoms with Gasteiger partial charge in [0.2, 0.25) is 22.7 Å². The van der Waals surface area contributed by atoms with Crippen LogP contribution in [0.15, 0.2) is 73.1 Å². The highest BCUT2D eigenvalue weighted by atomic mass is 32.2. The summed E-state index contributed by atoms with van der Waals surface area (Å²) in [5.74, 6) is 0.0329. The van der Waals surface area contributed by atoms with Crippen molar-refractivity contribution >= 4 is 16.8 Å². The van der Waals surface area contributed by atoms with E-state index in [2.05, 4.69) is 25.0 Å². The molecular formula is C29H31FN6O3S. The number of hydrogen-bond acceptors (Lipinski definition) is 8. The first-order valence-electron chi connectivity index (χ1n) is 13.1. The minimum absolute atomic E-state index is 0.00651. The number of aromatic nitrogens is 3. The standard InChI is InChI=1S/C29H31FN6O3S/c1-18-16-20(26(36-40(37)38)19-6-3-2-4-7-19)17-24(30)27(18)39-28-23(8-5-14-32-28)25-13-15-33-29(35-25)34-22-11-9-21(31)10-12-22/h2-8,13-17,21-22,26,40H,9-12,31H2,1H3,(H,33,34,35)(H,36,37,38)/t21-,22-,26?. The molecule has 4 N–H and O–H groups in total. The van der Waals surface area contributed by atoms with E-state index in [1.807, 2.05) is 6.07 Å². The van der Waals surface area contributed by atoms with Crippen molar-refractivity contribution in [2.75, 3.05) is 5.32 Å². The summed E-state index contributed by atoms with van der Waals surface area (Å²) in [5, 5.41) is 3.39. The molecule has 1 unspecified atom stereocenters. The maximum Gasteiger partial charge on any atom is 0.228 e. The fraction of sp³-hybridized carbons (Fsp3) is 0.276. The lowest BCUT2D eigenvalue weighted by molar-refractivity contribution is 0.410. The number of ether oxygens (including phenoxy) is 1. The first-order chi connectivity index (χ1) is 19.4. The number of rotatable bonds is 9. The Kier molecular flexibility index (Phi) is 8.63. The SMILES string of the molecule is Cc1cc(C(N[SH](=O)=O)c2ccccc2)cc(F)c1Oc1ncccc1-c1ccnc(N[C@H]2CC[C@H](N)CC2)n1. The van der Waals surface area contributed by atoms with Crippen LogP contribution in [-0.2, 0) is 10.9 Å². The summed E-state index contributed by atoms with van der Waals surface area (Å²) >= 11 is 0. The van der Waals surface area contributed by atoms with Crippen LogP contribution >= 0.6 is 0 Å². The Morgan fingerprint density at radius 2 is 1.75 bits per heavy atom. The quantitative estimate of drug-likeness (QED) is 0.217. The molecule has 0 bridgehead atoms. The summed E-state index contributed by atoms with van der Waals surface area (Å²) in [4.78, 5) is 13.4. The number of thiol groups is 1. The van der Waals surface area contributed by atoms with Crippen LogP contribution in [0.4, 0.5) is 10.3 Å². The van der Waals surface area contributed by atoms with Crippen molar-refractivity contribution in [3.63, 3.8) is 0 Å². The molecule has 0 spiro atoms. The number of nitrogens with zero attached hydrogens (tertiary/aromatic N) is 3. The molecule has 2 heterocycles. The maximum absolute atomic E-state index is 15.5. The van der Waals surface area contributed by atoms with Gasteiger partial charge in [0.05, 0.1) is 17.3 Å².